The number of hydrogen-bond acceptors (Lipinski definition) is 3. The first kappa shape index (κ1) is 9.92. The fourth-order valence-corrected chi connectivity index (χ4v) is 1.44. The molecule has 0 saturated heterocycles. The summed E-state index contributed by atoms with van der Waals surface area (Å²) in [6, 6.07) is 0. The lowest BCUT2D eigenvalue weighted by Crippen LogP contribution is -2.16. The zero-order valence-electron chi connectivity index (χ0n) is 8.77. The number of aromatic nitrogens is 4. The predicted molar refractivity (Wildman–Crippen MR) is 57.2 cm³/mol. The minimum absolute atomic E-state index is 0.834. The van der Waals surface area contributed by atoms with Crippen LogP contribution in [0.15, 0.2) is 24.9 Å². The average Bonchev–Trinajstić information content (AvgIpc) is 2.84. The highest BCUT2D eigenvalue weighted by molar-refractivity contribution is 5.04. The van der Waals surface area contributed by atoms with Gasteiger partial charge in [0.25, 0.3) is 0 Å². The second-order valence-electron chi connectivity index (χ2n) is 3.53. The Morgan fingerprint density at radius 1 is 1.47 bits per heavy atom. The molecule has 0 fully saturated rings. The average molecular weight is 205 g/mol. The first-order chi connectivity index (χ1) is 7.34. The van der Waals surface area contributed by atoms with Gasteiger partial charge in [0.15, 0.2) is 0 Å². The van der Waals surface area contributed by atoms with Crippen molar-refractivity contribution in [2.45, 2.75) is 13.0 Å². The number of aromatic amines is 1. The van der Waals surface area contributed by atoms with Gasteiger partial charge in [0.1, 0.15) is 0 Å². The maximum Gasteiger partial charge on any atom is 0.0922 e. The van der Waals surface area contributed by atoms with Crippen molar-refractivity contribution in [2.75, 3.05) is 6.54 Å². The molecule has 0 radical (unpaired) electrons. The third kappa shape index (κ3) is 2.92. The number of nitrogens with one attached hydrogen (secondary N) is 2. The molecule has 0 unspecified atom stereocenters. The van der Waals surface area contributed by atoms with E-state index in [0.29, 0.717) is 0 Å². The normalized spacial score (nSPS) is 10.7. The molecule has 0 bridgehead atoms. The van der Waals surface area contributed by atoms with Crippen LogP contribution in [-0.4, -0.2) is 26.3 Å². The Morgan fingerprint density at radius 2 is 2.40 bits per heavy atom. The minimum Gasteiger partial charge on any atom is -0.347 e. The molecule has 15 heavy (non-hydrogen) atoms. The van der Waals surface area contributed by atoms with Gasteiger partial charge >= 0.3 is 0 Å². The van der Waals surface area contributed by atoms with Crippen molar-refractivity contribution >= 4 is 0 Å². The molecular formula is C10H15N5. The fraction of sp³-hybridized carbons (Fsp3) is 0.400. The number of rotatable bonds is 5. The van der Waals surface area contributed by atoms with Gasteiger partial charge in [0, 0.05) is 31.7 Å². The third-order valence-electron chi connectivity index (χ3n) is 2.22. The van der Waals surface area contributed by atoms with Crippen molar-refractivity contribution in [1.82, 2.24) is 25.1 Å². The lowest BCUT2D eigenvalue weighted by Gasteiger charge is -2.00. The van der Waals surface area contributed by atoms with E-state index in [9.17, 15) is 0 Å². The highest BCUT2D eigenvalue weighted by Crippen LogP contribution is 1.96. The second kappa shape index (κ2) is 4.75. The van der Waals surface area contributed by atoms with E-state index >= 15 is 0 Å². The maximum atomic E-state index is 4.12. The van der Waals surface area contributed by atoms with Crippen molar-refractivity contribution in [1.29, 1.82) is 0 Å². The molecule has 5 nitrogen and oxygen atoms in total. The van der Waals surface area contributed by atoms with Gasteiger partial charge in [-0.2, -0.15) is 5.10 Å². The van der Waals surface area contributed by atoms with Crippen LogP contribution in [0.1, 0.15) is 11.3 Å². The summed E-state index contributed by atoms with van der Waals surface area (Å²) >= 11 is 0. The molecule has 2 N–H and O–H groups in total. The van der Waals surface area contributed by atoms with Gasteiger partial charge < -0.3 is 10.3 Å². The van der Waals surface area contributed by atoms with Gasteiger partial charge in [-0.05, 0) is 18.5 Å². The van der Waals surface area contributed by atoms with Crippen LogP contribution < -0.4 is 5.32 Å². The molecule has 0 aliphatic carbocycles. The molecule has 2 rings (SSSR count). The maximum absolute atomic E-state index is 4.12. The smallest absolute Gasteiger partial charge is 0.0922 e. The van der Waals surface area contributed by atoms with Crippen molar-refractivity contribution < 1.29 is 0 Å². The van der Waals surface area contributed by atoms with Crippen LogP contribution in [0.5, 0.6) is 0 Å². The molecule has 0 aliphatic heterocycles. The van der Waals surface area contributed by atoms with Gasteiger partial charge in [-0.3, -0.25) is 4.68 Å². The molecule has 0 aliphatic rings. The number of hydrogen-bond donors (Lipinski definition) is 2. The lowest BCUT2D eigenvalue weighted by atomic mass is 10.2. The quantitative estimate of drug-likeness (QED) is 0.698. The Kier molecular flexibility index (Phi) is 3.14. The van der Waals surface area contributed by atoms with E-state index in [4.69, 9.17) is 0 Å². The summed E-state index contributed by atoms with van der Waals surface area (Å²) in [6.45, 7) is 1.78. The number of nitrogens with zero attached hydrogens (tertiary/aromatic N) is 3. The molecule has 2 heterocycles. The molecule has 0 aromatic carbocycles. The van der Waals surface area contributed by atoms with Crippen molar-refractivity contribution in [3.8, 4) is 0 Å². The molecule has 0 amide bonds. The van der Waals surface area contributed by atoms with Crippen LogP contribution in [0.2, 0.25) is 0 Å². The monoisotopic (exact) mass is 205 g/mol. The first-order valence-electron chi connectivity index (χ1n) is 5.00. The lowest BCUT2D eigenvalue weighted by molar-refractivity contribution is 0.676. The highest BCUT2D eigenvalue weighted by atomic mass is 15.2. The van der Waals surface area contributed by atoms with Crippen LogP contribution in [0.3, 0.4) is 0 Å². The van der Waals surface area contributed by atoms with Crippen LogP contribution in [0, 0.1) is 0 Å². The fourth-order valence-electron chi connectivity index (χ4n) is 1.44. The highest BCUT2D eigenvalue weighted by Gasteiger charge is 1.96. The van der Waals surface area contributed by atoms with E-state index in [1.54, 1.807) is 6.33 Å². The molecule has 0 atom stereocenters. The Labute approximate surface area is 88.5 Å². The summed E-state index contributed by atoms with van der Waals surface area (Å²) in [4.78, 5) is 7.00. The molecule has 80 valence electrons. The topological polar surface area (TPSA) is 58.5 Å². The van der Waals surface area contributed by atoms with Gasteiger partial charge in [-0.15, -0.1) is 0 Å². The Balaban J connectivity index is 1.67. The van der Waals surface area contributed by atoms with Gasteiger partial charge in [0.2, 0.25) is 0 Å². The molecule has 0 saturated carbocycles. The van der Waals surface area contributed by atoms with E-state index in [1.807, 2.05) is 30.3 Å². The zero-order chi connectivity index (χ0) is 10.5. The van der Waals surface area contributed by atoms with Crippen molar-refractivity contribution in [3.05, 3.63) is 36.2 Å². The minimum atomic E-state index is 0.834. The Morgan fingerprint density at radius 3 is 3.07 bits per heavy atom. The SMILES string of the molecule is Cn1cc(CCNCc2cnc[nH]2)cn1. The summed E-state index contributed by atoms with van der Waals surface area (Å²) in [6.07, 6.45) is 8.47. The molecular weight excluding hydrogens is 190 g/mol. The second-order valence-corrected chi connectivity index (χ2v) is 3.53. The number of aryl methyl sites for hydroxylation is 1. The summed E-state index contributed by atoms with van der Waals surface area (Å²) in [7, 11) is 1.93. The van der Waals surface area contributed by atoms with E-state index < -0.39 is 0 Å². The first-order valence-corrected chi connectivity index (χ1v) is 5.00. The van der Waals surface area contributed by atoms with E-state index in [2.05, 4.69) is 20.4 Å². The van der Waals surface area contributed by atoms with Crippen LogP contribution in [-0.2, 0) is 20.0 Å². The van der Waals surface area contributed by atoms with Gasteiger partial charge in [0.05, 0.1) is 12.5 Å². The van der Waals surface area contributed by atoms with Crippen LogP contribution in [0.4, 0.5) is 0 Å². The summed E-state index contributed by atoms with van der Waals surface area (Å²) in [5.41, 5.74) is 2.37. The Hall–Kier alpha value is -1.62. The summed E-state index contributed by atoms with van der Waals surface area (Å²) in [5.74, 6) is 0. The van der Waals surface area contributed by atoms with Crippen LogP contribution in [0.25, 0.3) is 0 Å². The molecule has 0 spiro atoms. The third-order valence-corrected chi connectivity index (χ3v) is 2.22. The molecule has 2 aromatic rings. The predicted octanol–water partition coefficient (Wildman–Crippen LogP) is 0.475. The van der Waals surface area contributed by atoms with E-state index in [-0.39, 0.29) is 0 Å². The number of H-pyrrole nitrogens is 1. The van der Waals surface area contributed by atoms with Gasteiger partial charge in [-0.1, -0.05) is 0 Å². The van der Waals surface area contributed by atoms with E-state index in [0.717, 1.165) is 25.2 Å². The largest absolute Gasteiger partial charge is 0.347 e. The molecule has 5 heteroatoms. The van der Waals surface area contributed by atoms with Crippen molar-refractivity contribution in [3.63, 3.8) is 0 Å². The van der Waals surface area contributed by atoms with E-state index in [1.165, 1.54) is 5.56 Å². The Bertz CT molecular complexity index is 390. The standard InChI is InChI=1S/C10H15N5/c1-15-7-9(4-14-15)2-3-11-5-10-6-12-8-13-10/h4,6-8,11H,2-3,5H2,1H3,(H,12,13). The zero-order valence-corrected chi connectivity index (χ0v) is 8.77. The molecule has 2 aromatic heterocycles. The van der Waals surface area contributed by atoms with Gasteiger partial charge in [-0.25, -0.2) is 4.98 Å². The summed E-state index contributed by atoms with van der Waals surface area (Å²) < 4.78 is 1.82. The number of imidazole rings is 1. The summed E-state index contributed by atoms with van der Waals surface area (Å²) in [5, 5.41) is 7.46. The van der Waals surface area contributed by atoms with Crippen molar-refractivity contribution in [2.24, 2.45) is 7.05 Å². The van der Waals surface area contributed by atoms with Crippen LogP contribution >= 0.6 is 0 Å².